The van der Waals surface area contributed by atoms with E-state index in [1.165, 1.54) is 6.42 Å². The maximum absolute atomic E-state index is 12.3. The molecule has 1 amide bonds. The largest absolute Gasteiger partial charge is 0.356 e. The Bertz CT molecular complexity index is 375. The molecule has 2 fully saturated rings. The average molecular weight is 265 g/mol. The molecule has 0 radical (unpaired) electrons. The van der Waals surface area contributed by atoms with Crippen molar-refractivity contribution in [2.75, 3.05) is 6.54 Å². The van der Waals surface area contributed by atoms with Crippen LogP contribution in [0.1, 0.15) is 65.7 Å². The molecule has 3 nitrogen and oxygen atoms in total. The van der Waals surface area contributed by atoms with Crippen molar-refractivity contribution in [3.8, 4) is 0 Å². The zero-order valence-electron chi connectivity index (χ0n) is 12.6. The second-order valence-corrected chi connectivity index (χ2v) is 6.87. The number of carbonyl (C=O) groups excluding carboxylic acids is 2. The Kier molecular flexibility index (Phi) is 4.03. The van der Waals surface area contributed by atoms with E-state index in [1.807, 2.05) is 0 Å². The quantitative estimate of drug-likeness (QED) is 0.802. The molecule has 2 rings (SSSR count). The van der Waals surface area contributed by atoms with Crippen LogP contribution in [0.25, 0.3) is 0 Å². The average Bonchev–Trinajstić information content (AvgIpc) is 2.70. The molecule has 2 aliphatic carbocycles. The molecule has 0 spiro atoms. The number of carbonyl (C=O) groups is 2. The van der Waals surface area contributed by atoms with Gasteiger partial charge in [-0.3, -0.25) is 9.59 Å². The fourth-order valence-electron chi connectivity index (χ4n) is 4.20. The van der Waals surface area contributed by atoms with Gasteiger partial charge in [0, 0.05) is 24.8 Å². The topological polar surface area (TPSA) is 46.2 Å². The minimum Gasteiger partial charge on any atom is -0.356 e. The van der Waals surface area contributed by atoms with Gasteiger partial charge < -0.3 is 5.32 Å². The molecule has 2 aliphatic rings. The van der Waals surface area contributed by atoms with Crippen molar-refractivity contribution < 1.29 is 9.59 Å². The molecule has 0 heterocycles. The van der Waals surface area contributed by atoms with Crippen LogP contribution in [0, 0.1) is 16.7 Å². The van der Waals surface area contributed by atoms with E-state index < -0.39 is 0 Å². The van der Waals surface area contributed by atoms with E-state index in [0.717, 1.165) is 32.1 Å². The molecule has 0 aromatic carbocycles. The maximum Gasteiger partial charge on any atom is 0.219 e. The first kappa shape index (κ1) is 14.5. The first-order chi connectivity index (χ1) is 8.94. The van der Waals surface area contributed by atoms with Gasteiger partial charge in [0.25, 0.3) is 0 Å². The highest BCUT2D eigenvalue weighted by atomic mass is 16.1. The normalized spacial score (nSPS) is 31.7. The number of hydrogen-bond donors (Lipinski definition) is 1. The summed E-state index contributed by atoms with van der Waals surface area (Å²) in [6, 6.07) is 0. The van der Waals surface area contributed by atoms with Crippen molar-refractivity contribution in [2.45, 2.75) is 65.7 Å². The molecule has 0 saturated heterocycles. The van der Waals surface area contributed by atoms with Gasteiger partial charge >= 0.3 is 0 Å². The molecule has 0 aromatic rings. The predicted molar refractivity (Wildman–Crippen MR) is 75.7 cm³/mol. The molecule has 0 aliphatic heterocycles. The first-order valence-corrected chi connectivity index (χ1v) is 7.74. The van der Waals surface area contributed by atoms with E-state index >= 15 is 0 Å². The zero-order valence-corrected chi connectivity index (χ0v) is 12.6. The standard InChI is InChI=1S/C16H27NO2/c1-4-5-6-14(19)17-10-9-16-8-7-12(11-13(16)18)15(16,2)3/h12H,4-11H2,1-3H3,(H,17,19). The third-order valence-corrected chi connectivity index (χ3v) is 5.77. The minimum absolute atomic E-state index is 0.123. The van der Waals surface area contributed by atoms with Gasteiger partial charge in [0.2, 0.25) is 5.91 Å². The molecule has 0 aromatic heterocycles. The van der Waals surface area contributed by atoms with Crippen molar-refractivity contribution in [3.63, 3.8) is 0 Å². The van der Waals surface area contributed by atoms with E-state index in [0.29, 0.717) is 24.7 Å². The van der Waals surface area contributed by atoms with Crippen LogP contribution < -0.4 is 5.32 Å². The lowest BCUT2D eigenvalue weighted by Crippen LogP contribution is -2.39. The maximum atomic E-state index is 12.3. The monoisotopic (exact) mass is 265 g/mol. The summed E-state index contributed by atoms with van der Waals surface area (Å²) in [5, 5.41) is 2.99. The van der Waals surface area contributed by atoms with Crippen LogP contribution in [-0.2, 0) is 9.59 Å². The molecule has 2 unspecified atom stereocenters. The van der Waals surface area contributed by atoms with E-state index in [1.54, 1.807) is 0 Å². The Morgan fingerprint density at radius 2 is 2.16 bits per heavy atom. The number of Topliss-reactive ketones (excluding diaryl/α,β-unsaturated/α-hetero) is 1. The Balaban J connectivity index is 1.88. The van der Waals surface area contributed by atoms with Crippen molar-refractivity contribution in [2.24, 2.45) is 16.7 Å². The zero-order chi connectivity index (χ0) is 14.1. The molecule has 2 bridgehead atoms. The van der Waals surface area contributed by atoms with Gasteiger partial charge in [-0.1, -0.05) is 27.2 Å². The molecule has 3 heteroatoms. The number of hydrogen-bond acceptors (Lipinski definition) is 2. The number of unbranched alkanes of at least 4 members (excludes halogenated alkanes) is 1. The third-order valence-electron chi connectivity index (χ3n) is 5.77. The van der Waals surface area contributed by atoms with Crippen molar-refractivity contribution in [1.82, 2.24) is 5.32 Å². The first-order valence-electron chi connectivity index (χ1n) is 7.74. The van der Waals surface area contributed by atoms with E-state index in [9.17, 15) is 9.59 Å². The summed E-state index contributed by atoms with van der Waals surface area (Å²) in [5.41, 5.74) is -0.0338. The second-order valence-electron chi connectivity index (χ2n) is 6.87. The SMILES string of the molecule is CCCCC(=O)NCCC12CCC(CC1=O)C2(C)C. The van der Waals surface area contributed by atoms with Gasteiger partial charge in [-0.25, -0.2) is 0 Å². The summed E-state index contributed by atoms with van der Waals surface area (Å²) >= 11 is 0. The van der Waals surface area contributed by atoms with Crippen LogP contribution in [0.2, 0.25) is 0 Å². The highest BCUT2D eigenvalue weighted by Gasteiger charge is 2.63. The minimum atomic E-state index is -0.157. The third kappa shape index (κ3) is 2.32. The Morgan fingerprint density at radius 3 is 2.68 bits per heavy atom. The van der Waals surface area contributed by atoms with E-state index in [-0.39, 0.29) is 16.7 Å². The smallest absolute Gasteiger partial charge is 0.219 e. The summed E-state index contributed by atoms with van der Waals surface area (Å²) in [6.45, 7) is 7.23. The fourth-order valence-corrected chi connectivity index (χ4v) is 4.20. The van der Waals surface area contributed by atoms with Gasteiger partial charge in [0.05, 0.1) is 0 Å². The Morgan fingerprint density at radius 1 is 1.42 bits per heavy atom. The summed E-state index contributed by atoms with van der Waals surface area (Å²) < 4.78 is 0. The molecule has 2 atom stereocenters. The molecule has 108 valence electrons. The van der Waals surface area contributed by atoms with Crippen LogP contribution in [0.5, 0.6) is 0 Å². The van der Waals surface area contributed by atoms with Crippen LogP contribution >= 0.6 is 0 Å². The van der Waals surface area contributed by atoms with E-state index in [4.69, 9.17) is 0 Å². The summed E-state index contributed by atoms with van der Waals surface area (Å²) in [4.78, 5) is 23.9. The Hall–Kier alpha value is -0.860. The number of nitrogens with one attached hydrogen (secondary N) is 1. The lowest BCUT2D eigenvalue weighted by Gasteiger charge is -2.36. The van der Waals surface area contributed by atoms with Crippen LogP contribution in [0.15, 0.2) is 0 Å². The molecule has 19 heavy (non-hydrogen) atoms. The summed E-state index contributed by atoms with van der Waals surface area (Å²) in [5.74, 6) is 1.14. The van der Waals surface area contributed by atoms with Crippen LogP contribution in [0.4, 0.5) is 0 Å². The van der Waals surface area contributed by atoms with Crippen LogP contribution in [0.3, 0.4) is 0 Å². The van der Waals surface area contributed by atoms with Gasteiger partial charge in [-0.15, -0.1) is 0 Å². The highest BCUT2D eigenvalue weighted by molar-refractivity contribution is 5.89. The van der Waals surface area contributed by atoms with Crippen molar-refractivity contribution in [3.05, 3.63) is 0 Å². The fraction of sp³-hybridized carbons (Fsp3) is 0.875. The lowest BCUT2D eigenvalue weighted by molar-refractivity contribution is -0.130. The molecular formula is C16H27NO2. The molecule has 1 N–H and O–H groups in total. The second kappa shape index (κ2) is 5.26. The Labute approximate surface area is 116 Å². The number of fused-ring (bicyclic) bond motifs is 2. The lowest BCUT2D eigenvalue weighted by atomic mass is 9.67. The van der Waals surface area contributed by atoms with E-state index in [2.05, 4.69) is 26.1 Å². The summed E-state index contributed by atoms with van der Waals surface area (Å²) in [7, 11) is 0. The van der Waals surface area contributed by atoms with Crippen LogP contribution in [-0.4, -0.2) is 18.2 Å². The predicted octanol–water partition coefficient (Wildman–Crippen LogP) is 3.08. The van der Waals surface area contributed by atoms with Gasteiger partial charge in [-0.2, -0.15) is 0 Å². The molecular weight excluding hydrogens is 238 g/mol. The van der Waals surface area contributed by atoms with Gasteiger partial charge in [-0.05, 0) is 37.0 Å². The summed E-state index contributed by atoms with van der Waals surface area (Å²) in [6.07, 6.45) is 6.40. The van der Waals surface area contributed by atoms with Crippen molar-refractivity contribution in [1.29, 1.82) is 0 Å². The van der Waals surface area contributed by atoms with Crippen molar-refractivity contribution >= 4 is 11.7 Å². The number of amides is 1. The highest BCUT2D eigenvalue weighted by Crippen LogP contribution is 2.65. The number of rotatable bonds is 6. The number of ketones is 1. The van der Waals surface area contributed by atoms with Gasteiger partial charge in [0.1, 0.15) is 5.78 Å². The molecule has 2 saturated carbocycles. The van der Waals surface area contributed by atoms with Gasteiger partial charge in [0.15, 0.2) is 0 Å².